The normalized spacial score (nSPS) is 46.2. The summed E-state index contributed by atoms with van der Waals surface area (Å²) in [6.45, 7) is 7.43. The molecule has 3 aliphatic heterocycles. The van der Waals surface area contributed by atoms with Gasteiger partial charge in [0.15, 0.2) is 4.32 Å². The van der Waals surface area contributed by atoms with Crippen LogP contribution in [0.3, 0.4) is 0 Å². The molecule has 4 bridgehead atoms. The maximum Gasteiger partial charge on any atom is 0.326 e. The summed E-state index contributed by atoms with van der Waals surface area (Å²) in [7, 11) is -0.270. The molecule has 4 fully saturated rings. The second-order valence-electron chi connectivity index (χ2n) is 8.47. The van der Waals surface area contributed by atoms with Crippen molar-refractivity contribution in [3.05, 3.63) is 11.6 Å². The Morgan fingerprint density at radius 3 is 2.75 bits per heavy atom. The molecule has 1 saturated carbocycles. The molecule has 132 valence electrons. The lowest BCUT2D eigenvalue weighted by molar-refractivity contribution is -0.196. The van der Waals surface area contributed by atoms with Gasteiger partial charge in [0.1, 0.15) is 6.10 Å². The molecule has 0 spiro atoms. The van der Waals surface area contributed by atoms with Gasteiger partial charge in [-0.2, -0.15) is 0 Å². The maximum atomic E-state index is 12.6. The van der Waals surface area contributed by atoms with E-state index in [2.05, 4.69) is 41.6 Å². The summed E-state index contributed by atoms with van der Waals surface area (Å²) in [5.41, 5.74) is 1.28. The number of methoxy groups -OCH3 is 1. The van der Waals surface area contributed by atoms with Gasteiger partial charge in [0, 0.05) is 20.4 Å². The van der Waals surface area contributed by atoms with Crippen LogP contribution in [0.1, 0.15) is 6.42 Å². The predicted molar refractivity (Wildman–Crippen MR) is 93.6 cm³/mol. The van der Waals surface area contributed by atoms with Crippen LogP contribution in [0.15, 0.2) is 11.6 Å². The first-order chi connectivity index (χ1) is 11.2. The van der Waals surface area contributed by atoms with Crippen LogP contribution in [0.25, 0.3) is 0 Å². The zero-order valence-electron chi connectivity index (χ0n) is 14.4. The second kappa shape index (κ2) is 5.17. The molecule has 5 rings (SSSR count). The molecule has 24 heavy (non-hydrogen) atoms. The Morgan fingerprint density at radius 2 is 2.12 bits per heavy atom. The van der Waals surface area contributed by atoms with Crippen LogP contribution in [0.5, 0.6) is 0 Å². The van der Waals surface area contributed by atoms with Crippen molar-refractivity contribution in [2.75, 3.05) is 13.7 Å². The molecule has 5 nitrogen and oxygen atoms in total. The van der Waals surface area contributed by atoms with Crippen LogP contribution in [-0.2, 0) is 23.8 Å². The SMILES string of the molecule is COC(=O)[C@H]1C=C2[C@@H]3C[C@@H]4OCC([C@H]2[C@]4(Br)C(=O)O3)[C@@H]1[Si](C)(C)C. The summed E-state index contributed by atoms with van der Waals surface area (Å²) in [6.07, 6.45) is 2.32. The maximum absolute atomic E-state index is 12.6. The molecule has 2 aliphatic carbocycles. The fourth-order valence-corrected chi connectivity index (χ4v) is 9.34. The van der Waals surface area contributed by atoms with Crippen molar-refractivity contribution in [1.29, 1.82) is 0 Å². The van der Waals surface area contributed by atoms with Crippen LogP contribution in [0.4, 0.5) is 0 Å². The summed E-state index contributed by atoms with van der Waals surface area (Å²) in [5.74, 6) is -0.457. The summed E-state index contributed by atoms with van der Waals surface area (Å²) in [6, 6.07) is 0. The molecule has 0 N–H and O–H groups in total. The molecule has 7 heteroatoms. The zero-order valence-corrected chi connectivity index (χ0v) is 17.0. The number of fused-ring (bicyclic) bond motifs is 1. The van der Waals surface area contributed by atoms with Gasteiger partial charge in [0.25, 0.3) is 0 Å². The van der Waals surface area contributed by atoms with E-state index in [1.165, 1.54) is 7.11 Å². The van der Waals surface area contributed by atoms with Crippen molar-refractivity contribution in [3.8, 4) is 0 Å². The third kappa shape index (κ3) is 2.01. The van der Waals surface area contributed by atoms with Crippen molar-refractivity contribution in [2.45, 2.75) is 48.1 Å². The van der Waals surface area contributed by atoms with E-state index in [1.807, 2.05) is 0 Å². The van der Waals surface area contributed by atoms with Crippen LogP contribution >= 0.6 is 15.9 Å². The molecular formula is C17H23BrO5Si. The van der Waals surface area contributed by atoms with Crippen molar-refractivity contribution in [2.24, 2.45) is 17.8 Å². The van der Waals surface area contributed by atoms with Gasteiger partial charge in [-0.1, -0.05) is 41.6 Å². The van der Waals surface area contributed by atoms with E-state index in [1.54, 1.807) is 0 Å². The van der Waals surface area contributed by atoms with Gasteiger partial charge in [0.2, 0.25) is 0 Å². The van der Waals surface area contributed by atoms with Gasteiger partial charge in [-0.25, -0.2) is 0 Å². The molecule has 3 saturated heterocycles. The summed E-state index contributed by atoms with van der Waals surface area (Å²) >= 11 is 3.72. The number of hydrogen-bond donors (Lipinski definition) is 0. The Morgan fingerprint density at radius 1 is 1.42 bits per heavy atom. The molecule has 0 aromatic heterocycles. The van der Waals surface area contributed by atoms with Crippen molar-refractivity contribution >= 4 is 35.9 Å². The van der Waals surface area contributed by atoms with Crippen LogP contribution in [0, 0.1) is 17.8 Å². The number of rotatable bonds is 2. The lowest BCUT2D eigenvalue weighted by Crippen LogP contribution is -2.71. The summed E-state index contributed by atoms with van der Waals surface area (Å²) in [4.78, 5) is 25.1. The molecule has 7 atom stereocenters. The van der Waals surface area contributed by atoms with Crippen LogP contribution < -0.4 is 0 Å². The zero-order chi connectivity index (χ0) is 17.4. The largest absolute Gasteiger partial charge is 0.469 e. The summed E-state index contributed by atoms with van der Waals surface area (Å²) in [5, 5.41) is 0. The van der Waals surface area contributed by atoms with Crippen LogP contribution in [0.2, 0.25) is 25.2 Å². The molecule has 0 amide bonds. The minimum absolute atomic E-state index is 0.0638. The Bertz CT molecular complexity index is 641. The van der Waals surface area contributed by atoms with E-state index >= 15 is 0 Å². The number of carbonyl (C=O) groups is 2. The van der Waals surface area contributed by atoms with Gasteiger partial charge in [-0.05, 0) is 17.0 Å². The third-order valence-corrected chi connectivity index (χ3v) is 10.4. The number of halogens is 1. The van der Waals surface area contributed by atoms with E-state index < -0.39 is 12.4 Å². The molecule has 3 heterocycles. The van der Waals surface area contributed by atoms with Gasteiger partial charge in [-0.15, -0.1) is 0 Å². The average molecular weight is 415 g/mol. The predicted octanol–water partition coefficient (Wildman–Crippen LogP) is 2.52. The minimum atomic E-state index is -1.72. The van der Waals surface area contributed by atoms with E-state index in [4.69, 9.17) is 14.2 Å². The summed E-state index contributed by atoms with van der Waals surface area (Å²) < 4.78 is 16.1. The monoisotopic (exact) mass is 414 g/mol. The van der Waals surface area contributed by atoms with Gasteiger partial charge >= 0.3 is 11.9 Å². The number of carbonyl (C=O) groups excluding carboxylic acids is 2. The number of ether oxygens (including phenoxy) is 3. The fraction of sp³-hybridized carbons (Fsp3) is 0.765. The first-order valence-electron chi connectivity index (χ1n) is 8.50. The lowest BCUT2D eigenvalue weighted by Gasteiger charge is -2.62. The molecule has 0 aromatic rings. The first-order valence-corrected chi connectivity index (χ1v) is 12.9. The lowest BCUT2D eigenvalue weighted by atomic mass is 9.58. The Kier molecular flexibility index (Phi) is 3.62. The number of esters is 2. The minimum Gasteiger partial charge on any atom is -0.469 e. The molecule has 0 radical (unpaired) electrons. The smallest absolute Gasteiger partial charge is 0.326 e. The molecular weight excluding hydrogens is 392 g/mol. The van der Waals surface area contributed by atoms with Crippen molar-refractivity contribution < 1.29 is 23.8 Å². The number of hydrogen-bond acceptors (Lipinski definition) is 5. The average Bonchev–Trinajstić information content (AvgIpc) is 2.51. The van der Waals surface area contributed by atoms with Crippen LogP contribution in [-0.4, -0.2) is 50.3 Å². The molecule has 0 aromatic carbocycles. The van der Waals surface area contributed by atoms with E-state index in [0.717, 1.165) is 5.57 Å². The van der Waals surface area contributed by atoms with Gasteiger partial charge in [0.05, 0.1) is 25.7 Å². The Balaban J connectivity index is 1.89. The fourth-order valence-electron chi connectivity index (χ4n) is 5.44. The highest BCUT2D eigenvalue weighted by atomic mass is 79.9. The standard InChI is InChI=1S/C17H23BrO5Si/c1-21-15(19)9-5-8-11-6-12-17(18,16(20)23-11)13(8)10(7-22-12)14(9)24(2,3)4/h5,9-14H,6-7H2,1-4H3/t9-,10?,11-,12-,13-,14+,17-/m0/s1. The highest BCUT2D eigenvalue weighted by molar-refractivity contribution is 9.10. The quantitative estimate of drug-likeness (QED) is 0.300. The second-order valence-corrected chi connectivity index (χ2v) is 15.2. The third-order valence-electron chi connectivity index (χ3n) is 6.25. The van der Waals surface area contributed by atoms with E-state index in [-0.39, 0.29) is 47.4 Å². The van der Waals surface area contributed by atoms with E-state index in [0.29, 0.717) is 13.0 Å². The Labute approximate surface area is 151 Å². The first kappa shape index (κ1) is 16.8. The molecule has 1 unspecified atom stereocenters. The van der Waals surface area contributed by atoms with E-state index in [9.17, 15) is 9.59 Å². The molecule has 5 aliphatic rings. The van der Waals surface area contributed by atoms with Crippen molar-refractivity contribution in [3.63, 3.8) is 0 Å². The topological polar surface area (TPSA) is 61.8 Å². The highest BCUT2D eigenvalue weighted by Crippen LogP contribution is 2.63. The van der Waals surface area contributed by atoms with Gasteiger partial charge in [-0.3, -0.25) is 9.59 Å². The highest BCUT2D eigenvalue weighted by Gasteiger charge is 2.70. The van der Waals surface area contributed by atoms with Crippen molar-refractivity contribution in [1.82, 2.24) is 0 Å². The Hall–Kier alpha value is -0.663. The number of alkyl halides is 1. The van der Waals surface area contributed by atoms with Gasteiger partial charge < -0.3 is 14.2 Å².